The molecule has 2 fully saturated rings. The molecule has 0 saturated heterocycles. The fourth-order valence-corrected chi connectivity index (χ4v) is 10.1. The Morgan fingerprint density at radius 1 is 0.458 bits per heavy atom. The van der Waals surface area contributed by atoms with Gasteiger partial charge in [0.25, 0.3) is 0 Å². The quantitative estimate of drug-likeness (QED) is 0.0275. The van der Waals surface area contributed by atoms with Gasteiger partial charge in [-0.05, 0) is 196 Å². The molecule has 0 amide bonds. The van der Waals surface area contributed by atoms with E-state index in [4.69, 9.17) is 28.4 Å². The molecule has 5 aromatic rings. The van der Waals surface area contributed by atoms with Crippen LogP contribution in [0.4, 0.5) is 0 Å². The SMILES string of the molecule is C=CC(=O)OCCCCOc1ccc(-c2ccc(C3CCC(CCCOc4ccc(C#N)cc4OCCCC4CCC(c5ccc(-c6ccc(OCCCCOC(=O)C=C)cc6)cc5)CC4)CC3)cc2)cc1. The fraction of sp³-hybridized carbons (Fsp3) is 0.413. The Balaban J connectivity index is 0.748. The molecule has 0 spiro atoms. The monoisotopic (exact) mass is 972 g/mol. The van der Waals surface area contributed by atoms with Crippen molar-refractivity contribution in [3.05, 3.63) is 157 Å². The maximum absolute atomic E-state index is 11.2. The average Bonchev–Trinajstić information content (AvgIpc) is 3.43. The number of unbranched alkanes of at least 4 members (excludes halogenated alkanes) is 2. The zero-order valence-corrected chi connectivity index (χ0v) is 42.1. The van der Waals surface area contributed by atoms with Crippen LogP contribution in [0.2, 0.25) is 0 Å². The number of carbonyl (C=O) groups excluding carboxylic acids is 2. The van der Waals surface area contributed by atoms with Crippen molar-refractivity contribution in [3.63, 3.8) is 0 Å². The van der Waals surface area contributed by atoms with Gasteiger partial charge in [-0.15, -0.1) is 0 Å². The van der Waals surface area contributed by atoms with Gasteiger partial charge in [0, 0.05) is 18.2 Å². The molecule has 0 aromatic heterocycles. The third-order valence-electron chi connectivity index (χ3n) is 14.4. The molecule has 0 unspecified atom stereocenters. The Morgan fingerprint density at radius 2 is 0.833 bits per heavy atom. The van der Waals surface area contributed by atoms with E-state index < -0.39 is 0 Å². The van der Waals surface area contributed by atoms with E-state index in [0.717, 1.165) is 74.5 Å². The molecular formula is C63H73NO8. The molecule has 2 saturated carbocycles. The highest BCUT2D eigenvalue weighted by molar-refractivity contribution is 5.81. The largest absolute Gasteiger partial charge is 0.494 e. The van der Waals surface area contributed by atoms with Gasteiger partial charge < -0.3 is 28.4 Å². The van der Waals surface area contributed by atoms with Crippen LogP contribution < -0.4 is 18.9 Å². The van der Waals surface area contributed by atoms with Gasteiger partial charge in [0.2, 0.25) is 0 Å². The molecule has 9 heteroatoms. The molecule has 0 heterocycles. The average molecular weight is 972 g/mol. The molecule has 5 aromatic carbocycles. The Bertz CT molecular complexity index is 2480. The second-order valence-corrected chi connectivity index (χ2v) is 19.3. The lowest BCUT2D eigenvalue weighted by molar-refractivity contribution is -0.138. The highest BCUT2D eigenvalue weighted by Gasteiger charge is 2.24. The number of esters is 2. The second kappa shape index (κ2) is 28.9. The summed E-state index contributed by atoms with van der Waals surface area (Å²) >= 11 is 0. The molecule has 0 aliphatic heterocycles. The first-order chi connectivity index (χ1) is 35.4. The van der Waals surface area contributed by atoms with Crippen LogP contribution in [0.1, 0.15) is 131 Å². The van der Waals surface area contributed by atoms with Crippen LogP contribution in [0.3, 0.4) is 0 Å². The van der Waals surface area contributed by atoms with Crippen LogP contribution in [0.25, 0.3) is 22.3 Å². The lowest BCUT2D eigenvalue weighted by Gasteiger charge is -2.29. The van der Waals surface area contributed by atoms with Crippen molar-refractivity contribution in [2.75, 3.05) is 39.6 Å². The standard InChI is InChI=1S/C63H73NO8/c1-3-62(65)71-41-7-5-39-67-58-34-30-56(31-35-58)54-26-22-52(23-27-54)50-18-13-47(14-19-50)11-9-43-69-60-38-17-49(46-64)45-61(60)70-44-10-12-48-15-20-51(21-16-48)53-24-28-55(29-25-53)57-32-36-59(37-33-57)68-40-6-8-42-72-63(66)4-2/h3-4,17,22-38,45,47-48,50-51H,1-2,5-16,18-21,39-44H2. The van der Waals surface area contributed by atoms with Crippen LogP contribution in [0.15, 0.2) is 141 Å². The predicted molar refractivity (Wildman–Crippen MR) is 286 cm³/mol. The summed E-state index contributed by atoms with van der Waals surface area (Å²) in [7, 11) is 0. The molecule has 2 aliphatic carbocycles. The minimum atomic E-state index is -0.389. The molecular weight excluding hydrogens is 899 g/mol. The number of hydrogen-bond donors (Lipinski definition) is 0. The molecule has 0 N–H and O–H groups in total. The van der Waals surface area contributed by atoms with E-state index in [9.17, 15) is 14.9 Å². The summed E-state index contributed by atoms with van der Waals surface area (Å²) in [4.78, 5) is 22.3. The number of benzene rings is 5. The molecule has 0 atom stereocenters. The molecule has 378 valence electrons. The van der Waals surface area contributed by atoms with Gasteiger partial charge >= 0.3 is 11.9 Å². The Hall–Kier alpha value is -6.79. The summed E-state index contributed by atoms with van der Waals surface area (Å²) in [6.07, 6.45) is 19.6. The molecule has 72 heavy (non-hydrogen) atoms. The summed E-state index contributed by atoms with van der Waals surface area (Å²) < 4.78 is 34.4. The fourth-order valence-electron chi connectivity index (χ4n) is 10.1. The Labute approximate surface area is 428 Å². The zero-order chi connectivity index (χ0) is 50.2. The van der Waals surface area contributed by atoms with E-state index >= 15 is 0 Å². The van der Waals surface area contributed by atoms with Gasteiger partial charge in [0.1, 0.15) is 11.5 Å². The number of hydrogen-bond acceptors (Lipinski definition) is 9. The maximum Gasteiger partial charge on any atom is 0.330 e. The van der Waals surface area contributed by atoms with Gasteiger partial charge in [0.15, 0.2) is 11.5 Å². The van der Waals surface area contributed by atoms with Gasteiger partial charge in [-0.3, -0.25) is 0 Å². The van der Waals surface area contributed by atoms with Gasteiger partial charge in [-0.2, -0.15) is 5.26 Å². The van der Waals surface area contributed by atoms with Crippen molar-refractivity contribution >= 4 is 11.9 Å². The van der Waals surface area contributed by atoms with Crippen molar-refractivity contribution in [2.24, 2.45) is 11.8 Å². The summed E-state index contributed by atoms with van der Waals surface area (Å²) in [5.41, 5.74) is 8.20. The topological polar surface area (TPSA) is 113 Å². The predicted octanol–water partition coefficient (Wildman–Crippen LogP) is 14.9. The van der Waals surface area contributed by atoms with Gasteiger partial charge in [-0.1, -0.05) is 86.0 Å². The van der Waals surface area contributed by atoms with Crippen LogP contribution in [0.5, 0.6) is 23.0 Å². The number of carbonyl (C=O) groups is 2. The first kappa shape index (κ1) is 53.0. The van der Waals surface area contributed by atoms with Crippen molar-refractivity contribution < 1.29 is 38.0 Å². The summed E-state index contributed by atoms with van der Waals surface area (Å²) in [6.45, 7) is 9.98. The second-order valence-electron chi connectivity index (χ2n) is 19.3. The third-order valence-corrected chi connectivity index (χ3v) is 14.4. The van der Waals surface area contributed by atoms with Gasteiger partial charge in [0.05, 0.1) is 51.3 Å². The highest BCUT2D eigenvalue weighted by atomic mass is 16.5. The third kappa shape index (κ3) is 16.9. The van der Waals surface area contributed by atoms with Crippen LogP contribution in [-0.4, -0.2) is 51.6 Å². The number of rotatable bonds is 28. The molecule has 2 aliphatic rings. The lowest BCUT2D eigenvalue weighted by Crippen LogP contribution is -2.14. The van der Waals surface area contributed by atoms with E-state index in [2.05, 4.69) is 92.0 Å². The van der Waals surface area contributed by atoms with Crippen molar-refractivity contribution in [3.8, 4) is 51.3 Å². The molecule has 0 radical (unpaired) electrons. The minimum absolute atomic E-state index is 0.378. The smallest absolute Gasteiger partial charge is 0.330 e. The first-order valence-corrected chi connectivity index (χ1v) is 26.4. The maximum atomic E-state index is 11.2. The van der Waals surface area contributed by atoms with Crippen LogP contribution in [0, 0.1) is 23.2 Å². The minimum Gasteiger partial charge on any atom is -0.494 e. The zero-order valence-electron chi connectivity index (χ0n) is 42.1. The van der Waals surface area contributed by atoms with Crippen molar-refractivity contribution in [1.29, 1.82) is 5.26 Å². The van der Waals surface area contributed by atoms with E-state index in [1.807, 2.05) is 42.5 Å². The van der Waals surface area contributed by atoms with Gasteiger partial charge in [-0.25, -0.2) is 9.59 Å². The summed E-state index contributed by atoms with van der Waals surface area (Å²) in [5.74, 6) is 4.93. The van der Waals surface area contributed by atoms with E-state index in [0.29, 0.717) is 68.7 Å². The van der Waals surface area contributed by atoms with Crippen molar-refractivity contribution in [2.45, 2.75) is 115 Å². The van der Waals surface area contributed by atoms with Crippen LogP contribution in [-0.2, 0) is 19.1 Å². The number of nitrogens with zero attached hydrogens (tertiary/aromatic N) is 1. The molecule has 7 rings (SSSR count). The first-order valence-electron chi connectivity index (χ1n) is 26.4. The highest BCUT2D eigenvalue weighted by Crippen LogP contribution is 2.40. The number of ether oxygens (including phenoxy) is 6. The normalized spacial score (nSPS) is 17.4. The Kier molecular flexibility index (Phi) is 21.3. The summed E-state index contributed by atoms with van der Waals surface area (Å²) in [5, 5.41) is 9.63. The van der Waals surface area contributed by atoms with E-state index in [-0.39, 0.29) is 11.9 Å². The van der Waals surface area contributed by atoms with Crippen molar-refractivity contribution in [1.82, 2.24) is 0 Å². The number of nitriles is 1. The Morgan fingerprint density at radius 3 is 1.24 bits per heavy atom. The van der Waals surface area contributed by atoms with E-state index in [1.54, 1.807) is 0 Å². The van der Waals surface area contributed by atoms with E-state index in [1.165, 1.54) is 96.9 Å². The molecule has 9 nitrogen and oxygen atoms in total. The lowest BCUT2D eigenvalue weighted by atomic mass is 9.77. The molecule has 0 bridgehead atoms. The summed E-state index contributed by atoms with van der Waals surface area (Å²) in [6, 6.07) is 42.5. The van der Waals surface area contributed by atoms with Crippen LogP contribution >= 0.6 is 0 Å².